The van der Waals surface area contributed by atoms with E-state index in [1.54, 1.807) is 0 Å². The van der Waals surface area contributed by atoms with E-state index in [0.717, 1.165) is 49.0 Å². The molecular formula is C18H27N5S. The van der Waals surface area contributed by atoms with Gasteiger partial charge in [0.15, 0.2) is 5.96 Å². The Morgan fingerprint density at radius 3 is 2.83 bits per heavy atom. The molecule has 1 N–H and O–H groups in total. The van der Waals surface area contributed by atoms with Gasteiger partial charge in [0.05, 0.1) is 11.9 Å². The van der Waals surface area contributed by atoms with Crippen molar-refractivity contribution in [2.75, 3.05) is 32.1 Å². The van der Waals surface area contributed by atoms with Crippen LogP contribution < -0.4 is 5.32 Å². The number of rotatable bonds is 8. The molecular weight excluding hydrogens is 318 g/mol. The van der Waals surface area contributed by atoms with Crippen LogP contribution in [0.4, 0.5) is 0 Å². The van der Waals surface area contributed by atoms with Crippen LogP contribution in [0.3, 0.4) is 0 Å². The van der Waals surface area contributed by atoms with Crippen LogP contribution in [-0.2, 0) is 6.54 Å². The summed E-state index contributed by atoms with van der Waals surface area (Å²) in [4.78, 5) is 6.85. The van der Waals surface area contributed by atoms with Gasteiger partial charge in [0.25, 0.3) is 0 Å². The average Bonchev–Trinajstić information content (AvgIpc) is 3.07. The SMILES string of the molecule is CCNC(=NCCCSC)N(C)Cc1cnn(-c2ccccc2)c1. The highest BCUT2D eigenvalue weighted by Gasteiger charge is 2.08. The first-order valence-corrected chi connectivity index (χ1v) is 9.71. The Hall–Kier alpha value is -1.95. The zero-order valence-corrected chi connectivity index (χ0v) is 15.6. The summed E-state index contributed by atoms with van der Waals surface area (Å²) in [6.45, 7) is 4.60. The lowest BCUT2D eigenvalue weighted by atomic mass is 10.3. The molecule has 0 fully saturated rings. The van der Waals surface area contributed by atoms with Crippen LogP contribution in [0.25, 0.3) is 5.69 Å². The minimum absolute atomic E-state index is 0.779. The summed E-state index contributed by atoms with van der Waals surface area (Å²) >= 11 is 1.86. The maximum absolute atomic E-state index is 4.70. The molecule has 1 heterocycles. The predicted molar refractivity (Wildman–Crippen MR) is 104 cm³/mol. The molecule has 0 aliphatic rings. The summed E-state index contributed by atoms with van der Waals surface area (Å²) in [5.74, 6) is 2.10. The Balaban J connectivity index is 1.98. The summed E-state index contributed by atoms with van der Waals surface area (Å²) < 4.78 is 1.91. The van der Waals surface area contributed by atoms with Gasteiger partial charge in [-0.3, -0.25) is 4.99 Å². The predicted octanol–water partition coefficient (Wildman–Crippen LogP) is 3.02. The molecule has 1 aromatic carbocycles. The smallest absolute Gasteiger partial charge is 0.193 e. The summed E-state index contributed by atoms with van der Waals surface area (Å²) in [6, 6.07) is 10.2. The first-order chi connectivity index (χ1) is 11.7. The van der Waals surface area contributed by atoms with Crippen LogP contribution in [0.15, 0.2) is 47.7 Å². The lowest BCUT2D eigenvalue weighted by Crippen LogP contribution is -2.38. The normalized spacial score (nSPS) is 11.5. The van der Waals surface area contributed by atoms with Gasteiger partial charge in [0.1, 0.15) is 0 Å². The van der Waals surface area contributed by atoms with Crippen molar-refractivity contribution in [1.29, 1.82) is 0 Å². The highest BCUT2D eigenvalue weighted by atomic mass is 32.2. The number of guanidine groups is 1. The second-order valence-corrected chi connectivity index (χ2v) is 6.55. The molecule has 2 rings (SSSR count). The first-order valence-electron chi connectivity index (χ1n) is 8.32. The molecule has 0 saturated carbocycles. The maximum atomic E-state index is 4.70. The van der Waals surface area contributed by atoms with E-state index in [4.69, 9.17) is 4.99 Å². The number of aliphatic imine (C=N–C) groups is 1. The van der Waals surface area contributed by atoms with Crippen molar-refractivity contribution >= 4 is 17.7 Å². The number of para-hydroxylation sites is 1. The third kappa shape index (κ3) is 5.60. The standard InChI is InChI=1S/C18H27N5S/c1-4-19-18(20-11-8-12-24-3)22(2)14-16-13-21-23(15-16)17-9-6-5-7-10-17/h5-7,9-10,13,15H,4,8,11-12,14H2,1-3H3,(H,19,20). The molecule has 24 heavy (non-hydrogen) atoms. The average molecular weight is 346 g/mol. The van der Waals surface area contributed by atoms with Gasteiger partial charge < -0.3 is 10.2 Å². The van der Waals surface area contributed by atoms with Gasteiger partial charge in [-0.2, -0.15) is 16.9 Å². The quantitative estimate of drug-likeness (QED) is 0.454. The molecule has 0 amide bonds. The van der Waals surface area contributed by atoms with Crippen LogP contribution >= 0.6 is 11.8 Å². The first kappa shape index (κ1) is 18.4. The molecule has 1 aromatic heterocycles. The molecule has 130 valence electrons. The van der Waals surface area contributed by atoms with E-state index in [9.17, 15) is 0 Å². The Morgan fingerprint density at radius 1 is 1.33 bits per heavy atom. The molecule has 0 spiro atoms. The number of benzene rings is 1. The van der Waals surface area contributed by atoms with Crippen LogP contribution in [0.2, 0.25) is 0 Å². The van der Waals surface area contributed by atoms with E-state index in [1.807, 2.05) is 40.8 Å². The lowest BCUT2D eigenvalue weighted by Gasteiger charge is -2.21. The molecule has 2 aromatic rings. The Bertz CT molecular complexity index is 623. The van der Waals surface area contributed by atoms with Crippen molar-refractivity contribution in [2.45, 2.75) is 19.9 Å². The zero-order valence-electron chi connectivity index (χ0n) is 14.8. The fourth-order valence-electron chi connectivity index (χ4n) is 2.38. The molecule has 0 aliphatic carbocycles. The summed E-state index contributed by atoms with van der Waals surface area (Å²) in [6.07, 6.45) is 7.23. The van der Waals surface area contributed by atoms with Crippen LogP contribution in [0, 0.1) is 0 Å². The maximum Gasteiger partial charge on any atom is 0.193 e. The largest absolute Gasteiger partial charge is 0.357 e. The van der Waals surface area contributed by atoms with E-state index >= 15 is 0 Å². The van der Waals surface area contributed by atoms with Gasteiger partial charge in [-0.15, -0.1) is 0 Å². The minimum Gasteiger partial charge on any atom is -0.357 e. The van der Waals surface area contributed by atoms with Crippen LogP contribution in [0.5, 0.6) is 0 Å². The van der Waals surface area contributed by atoms with Crippen molar-refractivity contribution in [2.24, 2.45) is 4.99 Å². The minimum atomic E-state index is 0.779. The van der Waals surface area contributed by atoms with E-state index in [1.165, 1.54) is 0 Å². The number of aromatic nitrogens is 2. The Morgan fingerprint density at radius 2 is 2.12 bits per heavy atom. The second-order valence-electron chi connectivity index (χ2n) is 5.57. The number of hydrogen-bond acceptors (Lipinski definition) is 3. The number of hydrogen-bond donors (Lipinski definition) is 1. The third-order valence-electron chi connectivity index (χ3n) is 3.54. The van der Waals surface area contributed by atoms with Gasteiger partial charge in [-0.05, 0) is 37.5 Å². The van der Waals surface area contributed by atoms with Crippen molar-refractivity contribution in [3.63, 3.8) is 0 Å². The molecule has 0 bridgehead atoms. The van der Waals surface area contributed by atoms with Crippen molar-refractivity contribution in [3.05, 3.63) is 48.3 Å². The molecule has 5 nitrogen and oxygen atoms in total. The monoisotopic (exact) mass is 345 g/mol. The highest BCUT2D eigenvalue weighted by molar-refractivity contribution is 7.98. The molecule has 0 saturated heterocycles. The zero-order chi connectivity index (χ0) is 17.2. The van der Waals surface area contributed by atoms with Gasteiger partial charge in [-0.1, -0.05) is 18.2 Å². The Kier molecular flexibility index (Phi) is 7.68. The van der Waals surface area contributed by atoms with Gasteiger partial charge in [-0.25, -0.2) is 4.68 Å². The molecule has 6 heteroatoms. The van der Waals surface area contributed by atoms with Crippen molar-refractivity contribution in [1.82, 2.24) is 20.0 Å². The molecule has 0 atom stereocenters. The molecule has 0 aliphatic heterocycles. The fourth-order valence-corrected chi connectivity index (χ4v) is 2.79. The van der Waals surface area contributed by atoms with Crippen molar-refractivity contribution < 1.29 is 0 Å². The van der Waals surface area contributed by atoms with Gasteiger partial charge in [0.2, 0.25) is 0 Å². The van der Waals surface area contributed by atoms with E-state index in [0.29, 0.717) is 0 Å². The van der Waals surface area contributed by atoms with E-state index in [-0.39, 0.29) is 0 Å². The van der Waals surface area contributed by atoms with Crippen molar-refractivity contribution in [3.8, 4) is 5.69 Å². The molecule has 0 unspecified atom stereocenters. The fraction of sp³-hybridized carbons (Fsp3) is 0.444. The topological polar surface area (TPSA) is 45.5 Å². The second kappa shape index (κ2) is 10.0. The van der Waals surface area contributed by atoms with Crippen LogP contribution in [-0.4, -0.2) is 52.8 Å². The lowest BCUT2D eigenvalue weighted by molar-refractivity contribution is 0.477. The summed E-state index contributed by atoms with van der Waals surface area (Å²) in [7, 11) is 2.07. The number of nitrogens with one attached hydrogen (secondary N) is 1. The van der Waals surface area contributed by atoms with E-state index in [2.05, 4.69) is 53.9 Å². The number of thioether (sulfide) groups is 1. The van der Waals surface area contributed by atoms with E-state index < -0.39 is 0 Å². The van der Waals surface area contributed by atoms with Gasteiger partial charge >= 0.3 is 0 Å². The third-order valence-corrected chi connectivity index (χ3v) is 4.24. The molecule has 0 radical (unpaired) electrons. The highest BCUT2D eigenvalue weighted by Crippen LogP contribution is 2.09. The van der Waals surface area contributed by atoms with Gasteiger partial charge in [0, 0.05) is 38.4 Å². The number of nitrogens with zero attached hydrogens (tertiary/aromatic N) is 4. The summed E-state index contributed by atoms with van der Waals surface area (Å²) in [5.41, 5.74) is 2.24. The Labute approximate surface area is 149 Å². The van der Waals surface area contributed by atoms with Crippen LogP contribution in [0.1, 0.15) is 18.9 Å². The summed E-state index contributed by atoms with van der Waals surface area (Å²) in [5, 5.41) is 7.82.